The van der Waals surface area contributed by atoms with Gasteiger partial charge in [0.25, 0.3) is 11.5 Å². The first kappa shape index (κ1) is 20.8. The minimum absolute atomic E-state index is 0.0519. The average Bonchev–Trinajstić information content (AvgIpc) is 2.83. The van der Waals surface area contributed by atoms with E-state index < -0.39 is 11.5 Å². The lowest BCUT2D eigenvalue weighted by atomic mass is 9.81. The molecular formula is C25H22N2O6. The van der Waals surface area contributed by atoms with E-state index in [4.69, 9.17) is 14.2 Å². The molecule has 0 unspecified atom stereocenters. The predicted molar refractivity (Wildman–Crippen MR) is 121 cm³/mol. The van der Waals surface area contributed by atoms with Gasteiger partial charge in [0.15, 0.2) is 17.3 Å². The van der Waals surface area contributed by atoms with Gasteiger partial charge >= 0.3 is 0 Å². The van der Waals surface area contributed by atoms with Gasteiger partial charge in [0, 0.05) is 29.4 Å². The number of methoxy groups -OCH3 is 1. The van der Waals surface area contributed by atoms with Crippen LogP contribution in [0.5, 0.6) is 17.2 Å². The molecule has 0 radical (unpaired) electrons. The van der Waals surface area contributed by atoms with Crippen molar-refractivity contribution >= 4 is 17.4 Å². The van der Waals surface area contributed by atoms with Crippen LogP contribution in [0.4, 0.5) is 5.69 Å². The molecule has 2 N–H and O–H groups in total. The van der Waals surface area contributed by atoms with Crippen LogP contribution in [0, 0.1) is 0 Å². The number of hydrogen-bond acceptors (Lipinski definition) is 6. The van der Waals surface area contributed by atoms with Gasteiger partial charge in [0.1, 0.15) is 24.5 Å². The second-order valence-corrected chi connectivity index (χ2v) is 8.02. The number of aromatic amines is 1. The molecule has 2 heterocycles. The molecule has 0 saturated heterocycles. The molecule has 0 fully saturated rings. The fraction of sp³-hybridized carbons (Fsp3) is 0.240. The van der Waals surface area contributed by atoms with Gasteiger partial charge in [-0.3, -0.25) is 14.4 Å². The van der Waals surface area contributed by atoms with E-state index in [9.17, 15) is 14.4 Å². The number of anilines is 1. The molecule has 1 atom stereocenters. The number of amides is 1. The number of nitrogens with one attached hydrogen (secondary N) is 2. The van der Waals surface area contributed by atoms with Crippen LogP contribution in [-0.2, 0) is 6.42 Å². The number of carbonyl (C=O) groups is 2. The summed E-state index contributed by atoms with van der Waals surface area (Å²) in [5.41, 5.74) is 1.75. The summed E-state index contributed by atoms with van der Waals surface area (Å²) < 4.78 is 16.2. The van der Waals surface area contributed by atoms with Crippen LogP contribution in [-0.4, -0.2) is 37.0 Å². The first-order valence-corrected chi connectivity index (χ1v) is 10.7. The molecule has 1 aliphatic carbocycles. The first-order valence-electron chi connectivity index (χ1n) is 10.7. The normalized spacial score (nSPS) is 16.6. The van der Waals surface area contributed by atoms with Gasteiger partial charge in [-0.2, -0.15) is 0 Å². The maximum absolute atomic E-state index is 12.9. The molecular weight excluding hydrogens is 424 g/mol. The number of pyridine rings is 1. The lowest BCUT2D eigenvalue weighted by Gasteiger charge is -2.24. The highest BCUT2D eigenvalue weighted by molar-refractivity contribution is 6.07. The molecule has 33 heavy (non-hydrogen) atoms. The molecule has 2 aromatic carbocycles. The van der Waals surface area contributed by atoms with Gasteiger partial charge in [-0.15, -0.1) is 0 Å². The molecule has 0 spiro atoms. The first-order chi connectivity index (χ1) is 16.0. The number of benzene rings is 2. The topological polar surface area (TPSA) is 107 Å². The maximum atomic E-state index is 12.9. The van der Waals surface area contributed by atoms with Gasteiger partial charge in [-0.25, -0.2) is 0 Å². The zero-order chi connectivity index (χ0) is 22.9. The predicted octanol–water partition coefficient (Wildman–Crippen LogP) is 3.32. The van der Waals surface area contributed by atoms with Gasteiger partial charge in [-0.05, 0) is 48.2 Å². The zero-order valence-corrected chi connectivity index (χ0v) is 18.0. The summed E-state index contributed by atoms with van der Waals surface area (Å²) in [5, 5.41) is 2.70. The highest BCUT2D eigenvalue weighted by Gasteiger charge is 2.29. The number of rotatable bonds is 4. The lowest BCUT2D eigenvalue weighted by molar-refractivity contribution is 0.0963. The summed E-state index contributed by atoms with van der Waals surface area (Å²) in [5.74, 6) is 1.11. The summed E-state index contributed by atoms with van der Waals surface area (Å²) in [6.07, 6.45) is 0.807. The Hall–Kier alpha value is -4.07. The Morgan fingerprint density at radius 1 is 1.00 bits per heavy atom. The zero-order valence-electron chi connectivity index (χ0n) is 18.0. The fourth-order valence-electron chi connectivity index (χ4n) is 4.23. The van der Waals surface area contributed by atoms with Gasteiger partial charge < -0.3 is 24.5 Å². The van der Waals surface area contributed by atoms with Crippen molar-refractivity contribution in [1.29, 1.82) is 0 Å². The number of carbonyl (C=O) groups excluding carboxylic acids is 2. The Kier molecular flexibility index (Phi) is 5.34. The number of H-pyrrole nitrogens is 1. The minimum atomic E-state index is -0.596. The Morgan fingerprint density at radius 2 is 1.76 bits per heavy atom. The summed E-state index contributed by atoms with van der Waals surface area (Å²) in [6.45, 7) is 0.894. The third kappa shape index (κ3) is 4.07. The molecule has 1 amide bonds. The average molecular weight is 446 g/mol. The maximum Gasteiger partial charge on any atom is 0.261 e. The Balaban J connectivity index is 1.38. The van der Waals surface area contributed by atoms with Crippen molar-refractivity contribution in [2.45, 2.75) is 18.8 Å². The molecule has 0 saturated carbocycles. The molecule has 168 valence electrons. The molecule has 3 aromatic rings. The van der Waals surface area contributed by atoms with E-state index in [1.54, 1.807) is 25.3 Å². The van der Waals surface area contributed by atoms with E-state index in [1.807, 2.05) is 24.3 Å². The van der Waals surface area contributed by atoms with Crippen LogP contribution in [0.3, 0.4) is 0 Å². The summed E-state index contributed by atoms with van der Waals surface area (Å²) in [4.78, 5) is 41.2. The molecule has 2 aliphatic rings. The third-order valence-electron chi connectivity index (χ3n) is 5.94. The SMILES string of the molecule is COc1ccc([C@H]2CC(=O)c3cc(C(=O)Nc4ccc5c(c4)OCCO5)c(=O)[nH]c3C2)cc1. The van der Waals surface area contributed by atoms with Crippen molar-refractivity contribution in [2.75, 3.05) is 25.6 Å². The van der Waals surface area contributed by atoms with E-state index >= 15 is 0 Å². The Bertz CT molecular complexity index is 1300. The standard InChI is InChI=1S/C25H22N2O6/c1-31-17-5-2-14(3-6-17)15-10-20-18(21(28)11-15)13-19(25(30)27-20)24(29)26-16-4-7-22-23(12-16)33-9-8-32-22/h2-7,12-13,15H,8-11H2,1H3,(H,26,29)(H,27,30)/t15-/m1/s1. The van der Waals surface area contributed by atoms with E-state index in [0.29, 0.717) is 54.5 Å². The monoisotopic (exact) mass is 446 g/mol. The largest absolute Gasteiger partial charge is 0.497 e. The van der Waals surface area contributed by atoms with Gasteiger partial charge in [0.05, 0.1) is 7.11 Å². The van der Waals surface area contributed by atoms with Crippen molar-refractivity contribution < 1.29 is 23.8 Å². The highest BCUT2D eigenvalue weighted by atomic mass is 16.6. The van der Waals surface area contributed by atoms with Gasteiger partial charge in [-0.1, -0.05) is 12.1 Å². The number of aromatic nitrogens is 1. The fourth-order valence-corrected chi connectivity index (χ4v) is 4.23. The Morgan fingerprint density at radius 3 is 2.52 bits per heavy atom. The third-order valence-corrected chi connectivity index (χ3v) is 5.94. The van der Waals surface area contributed by atoms with Crippen LogP contribution in [0.15, 0.2) is 53.3 Å². The number of hydrogen-bond donors (Lipinski definition) is 2. The number of Topliss-reactive ketones (excluding diaryl/α,β-unsaturated/α-hetero) is 1. The Labute approximate surface area is 189 Å². The van der Waals surface area contributed by atoms with Crippen molar-refractivity contribution in [3.63, 3.8) is 0 Å². The van der Waals surface area contributed by atoms with E-state index in [2.05, 4.69) is 10.3 Å². The molecule has 8 heteroatoms. The smallest absolute Gasteiger partial charge is 0.261 e. The van der Waals surface area contributed by atoms with Crippen molar-refractivity contribution in [3.05, 3.63) is 81.3 Å². The van der Waals surface area contributed by atoms with Crippen LogP contribution < -0.4 is 25.1 Å². The van der Waals surface area contributed by atoms with E-state index in [1.165, 1.54) is 6.07 Å². The molecule has 0 bridgehead atoms. The molecule has 1 aromatic heterocycles. The van der Waals surface area contributed by atoms with Crippen molar-refractivity contribution in [3.8, 4) is 17.2 Å². The molecule has 5 rings (SSSR count). The summed E-state index contributed by atoms with van der Waals surface area (Å²) in [6, 6.07) is 14.0. The van der Waals surface area contributed by atoms with Crippen LogP contribution in [0.1, 0.15) is 44.3 Å². The second kappa shape index (κ2) is 8.46. The number of fused-ring (bicyclic) bond motifs is 2. The van der Waals surface area contributed by atoms with Crippen LogP contribution in [0.25, 0.3) is 0 Å². The van der Waals surface area contributed by atoms with Crippen LogP contribution >= 0.6 is 0 Å². The molecule has 8 nitrogen and oxygen atoms in total. The van der Waals surface area contributed by atoms with Crippen molar-refractivity contribution in [2.24, 2.45) is 0 Å². The minimum Gasteiger partial charge on any atom is -0.497 e. The summed E-state index contributed by atoms with van der Waals surface area (Å²) in [7, 11) is 1.60. The lowest BCUT2D eigenvalue weighted by Crippen LogP contribution is -2.29. The quantitative estimate of drug-likeness (QED) is 0.637. The number of ether oxygens (including phenoxy) is 3. The highest BCUT2D eigenvalue weighted by Crippen LogP contribution is 2.34. The van der Waals surface area contributed by atoms with Gasteiger partial charge in [0.2, 0.25) is 0 Å². The van der Waals surface area contributed by atoms with E-state index in [0.717, 1.165) is 11.3 Å². The van der Waals surface area contributed by atoms with Crippen molar-refractivity contribution in [1.82, 2.24) is 4.98 Å². The summed E-state index contributed by atoms with van der Waals surface area (Å²) >= 11 is 0. The second-order valence-electron chi connectivity index (χ2n) is 8.02. The van der Waals surface area contributed by atoms with E-state index in [-0.39, 0.29) is 17.3 Å². The number of ketones is 1. The van der Waals surface area contributed by atoms with Crippen LogP contribution in [0.2, 0.25) is 0 Å². The molecule has 1 aliphatic heterocycles.